The van der Waals surface area contributed by atoms with E-state index in [1.807, 2.05) is 24.3 Å². The molecule has 1 aliphatic heterocycles. The minimum Gasteiger partial charge on any atom is -0.493 e. The first-order valence-electron chi connectivity index (χ1n) is 6.48. The molecule has 104 valence electrons. The maximum absolute atomic E-state index is 12.0. The first kappa shape index (κ1) is 13.8. The molecular weight excluding hydrogens is 244 g/mol. The van der Waals surface area contributed by atoms with Crippen LogP contribution in [0.5, 0.6) is 5.75 Å². The number of carbonyl (C=O) groups is 1. The molecule has 2 rings (SSSR count). The number of nitrogens with one attached hydrogen (secondary N) is 1. The summed E-state index contributed by atoms with van der Waals surface area (Å²) in [7, 11) is 1.56. The Morgan fingerprint density at radius 1 is 1.58 bits per heavy atom. The van der Waals surface area contributed by atoms with Gasteiger partial charge in [0.1, 0.15) is 5.75 Å². The third-order valence-electron chi connectivity index (χ3n) is 3.30. The summed E-state index contributed by atoms with van der Waals surface area (Å²) < 4.78 is 10.7. The predicted molar refractivity (Wildman–Crippen MR) is 71.9 cm³/mol. The Balaban J connectivity index is 1.99. The van der Waals surface area contributed by atoms with Gasteiger partial charge in [-0.3, -0.25) is 4.79 Å². The Morgan fingerprint density at radius 2 is 2.37 bits per heavy atom. The van der Waals surface area contributed by atoms with Crippen molar-refractivity contribution in [3.8, 4) is 5.75 Å². The summed E-state index contributed by atoms with van der Waals surface area (Å²) in [5.41, 5.74) is 6.55. The highest BCUT2D eigenvalue weighted by molar-refractivity contribution is 5.77. The normalized spacial score (nSPS) is 19.2. The molecule has 0 radical (unpaired) electrons. The van der Waals surface area contributed by atoms with Gasteiger partial charge in [0, 0.05) is 25.6 Å². The Labute approximate surface area is 113 Å². The van der Waals surface area contributed by atoms with Gasteiger partial charge in [-0.25, -0.2) is 0 Å². The van der Waals surface area contributed by atoms with Crippen molar-refractivity contribution in [1.29, 1.82) is 0 Å². The zero-order chi connectivity index (χ0) is 13.7. The fraction of sp³-hybridized carbons (Fsp3) is 0.500. The van der Waals surface area contributed by atoms with E-state index in [2.05, 4.69) is 5.32 Å². The fourth-order valence-corrected chi connectivity index (χ4v) is 2.21. The summed E-state index contributed by atoms with van der Waals surface area (Å²) in [5.74, 6) is 0.806. The van der Waals surface area contributed by atoms with Crippen LogP contribution in [0.15, 0.2) is 24.3 Å². The molecule has 0 spiro atoms. The molecular formula is C14H20N2O3. The molecule has 0 aromatic heterocycles. The third kappa shape index (κ3) is 3.45. The topological polar surface area (TPSA) is 73.6 Å². The maximum Gasteiger partial charge on any atom is 0.223 e. The molecule has 0 saturated heterocycles. The number of carbonyl (C=O) groups excluding carboxylic acids is 1. The van der Waals surface area contributed by atoms with Crippen molar-refractivity contribution in [2.45, 2.75) is 25.0 Å². The van der Waals surface area contributed by atoms with Crippen molar-refractivity contribution >= 4 is 5.91 Å². The predicted octanol–water partition coefficient (Wildman–Crippen LogP) is 0.990. The van der Waals surface area contributed by atoms with Crippen molar-refractivity contribution in [3.05, 3.63) is 29.8 Å². The van der Waals surface area contributed by atoms with Crippen LogP contribution in [0, 0.1) is 0 Å². The molecule has 0 saturated carbocycles. The van der Waals surface area contributed by atoms with Crippen LogP contribution < -0.4 is 15.8 Å². The highest BCUT2D eigenvalue weighted by Gasteiger charge is 2.23. The van der Waals surface area contributed by atoms with Crippen molar-refractivity contribution in [2.75, 3.05) is 20.3 Å². The molecule has 3 N–H and O–H groups in total. The number of methoxy groups -OCH3 is 1. The van der Waals surface area contributed by atoms with Gasteiger partial charge >= 0.3 is 0 Å². The van der Waals surface area contributed by atoms with Crippen LogP contribution >= 0.6 is 0 Å². The van der Waals surface area contributed by atoms with Crippen LogP contribution in [0.2, 0.25) is 0 Å². The van der Waals surface area contributed by atoms with Crippen molar-refractivity contribution < 1.29 is 14.3 Å². The van der Waals surface area contributed by atoms with Crippen molar-refractivity contribution in [3.63, 3.8) is 0 Å². The zero-order valence-corrected chi connectivity index (χ0v) is 11.1. The molecule has 5 nitrogen and oxygen atoms in total. The lowest BCUT2D eigenvalue weighted by Crippen LogP contribution is -2.36. The fourth-order valence-electron chi connectivity index (χ4n) is 2.21. The van der Waals surface area contributed by atoms with Gasteiger partial charge in [-0.1, -0.05) is 18.2 Å². The van der Waals surface area contributed by atoms with Gasteiger partial charge < -0.3 is 20.5 Å². The molecule has 1 heterocycles. The highest BCUT2D eigenvalue weighted by Crippen LogP contribution is 2.31. The largest absolute Gasteiger partial charge is 0.493 e. The van der Waals surface area contributed by atoms with Gasteiger partial charge in [-0.2, -0.15) is 0 Å². The summed E-state index contributed by atoms with van der Waals surface area (Å²) in [6, 6.07) is 7.79. The lowest BCUT2D eigenvalue weighted by atomic mass is 10.0. The summed E-state index contributed by atoms with van der Waals surface area (Å²) in [6.45, 7) is 0.959. The average Bonchev–Trinajstić information content (AvgIpc) is 2.45. The minimum atomic E-state index is -0.227. The van der Waals surface area contributed by atoms with Crippen LogP contribution in [0.25, 0.3) is 0 Å². The third-order valence-corrected chi connectivity index (χ3v) is 3.30. The monoisotopic (exact) mass is 264 g/mol. The SMILES string of the molecule is COC(CN)CC(=O)NC1CCOc2ccccc21. The van der Waals surface area contributed by atoms with E-state index in [4.69, 9.17) is 15.2 Å². The molecule has 2 unspecified atom stereocenters. The molecule has 1 aromatic rings. The van der Waals surface area contributed by atoms with Gasteiger partial charge in [0.25, 0.3) is 0 Å². The number of nitrogens with two attached hydrogens (primary N) is 1. The highest BCUT2D eigenvalue weighted by atomic mass is 16.5. The van der Waals surface area contributed by atoms with Gasteiger partial charge in [0.15, 0.2) is 0 Å². The number of ether oxygens (including phenoxy) is 2. The smallest absolute Gasteiger partial charge is 0.223 e. The molecule has 1 aliphatic rings. The average molecular weight is 264 g/mol. The molecule has 0 fully saturated rings. The number of hydrogen-bond acceptors (Lipinski definition) is 4. The molecule has 1 amide bonds. The van der Waals surface area contributed by atoms with E-state index < -0.39 is 0 Å². The number of benzene rings is 1. The van der Waals surface area contributed by atoms with Crippen LogP contribution in [-0.4, -0.2) is 32.3 Å². The Morgan fingerprint density at radius 3 is 3.11 bits per heavy atom. The van der Waals surface area contributed by atoms with E-state index in [9.17, 15) is 4.79 Å². The van der Waals surface area contributed by atoms with Gasteiger partial charge in [0.2, 0.25) is 5.91 Å². The molecule has 2 atom stereocenters. The van der Waals surface area contributed by atoms with Gasteiger partial charge in [-0.15, -0.1) is 0 Å². The summed E-state index contributed by atoms with van der Waals surface area (Å²) >= 11 is 0. The lowest BCUT2D eigenvalue weighted by Gasteiger charge is -2.27. The van der Waals surface area contributed by atoms with E-state index >= 15 is 0 Å². The number of fused-ring (bicyclic) bond motifs is 1. The lowest BCUT2D eigenvalue weighted by molar-refractivity contribution is -0.124. The second-order valence-electron chi connectivity index (χ2n) is 4.59. The van der Waals surface area contributed by atoms with E-state index in [1.165, 1.54) is 0 Å². The van der Waals surface area contributed by atoms with Crippen LogP contribution in [-0.2, 0) is 9.53 Å². The quantitative estimate of drug-likeness (QED) is 0.831. The summed E-state index contributed by atoms with van der Waals surface area (Å²) in [4.78, 5) is 12.0. The Kier molecular flexibility index (Phi) is 4.76. The molecule has 0 bridgehead atoms. The van der Waals surface area contributed by atoms with Crippen LogP contribution in [0.3, 0.4) is 0 Å². The van der Waals surface area contributed by atoms with Crippen molar-refractivity contribution in [2.24, 2.45) is 5.73 Å². The maximum atomic E-state index is 12.0. The number of amides is 1. The minimum absolute atomic E-state index is 0.00716. The second-order valence-corrected chi connectivity index (χ2v) is 4.59. The summed E-state index contributed by atoms with van der Waals surface area (Å²) in [5, 5.41) is 3.02. The van der Waals surface area contributed by atoms with Crippen LogP contribution in [0.4, 0.5) is 0 Å². The molecule has 19 heavy (non-hydrogen) atoms. The van der Waals surface area contributed by atoms with Gasteiger partial charge in [0.05, 0.1) is 25.2 Å². The molecule has 5 heteroatoms. The first-order valence-corrected chi connectivity index (χ1v) is 6.48. The Bertz CT molecular complexity index is 432. The first-order chi connectivity index (χ1) is 9.24. The van der Waals surface area contributed by atoms with E-state index in [0.717, 1.165) is 17.7 Å². The van der Waals surface area contributed by atoms with Gasteiger partial charge in [-0.05, 0) is 6.07 Å². The second kappa shape index (κ2) is 6.54. The van der Waals surface area contributed by atoms with Crippen LogP contribution in [0.1, 0.15) is 24.4 Å². The van der Waals surface area contributed by atoms with E-state index in [0.29, 0.717) is 13.2 Å². The number of hydrogen-bond donors (Lipinski definition) is 2. The molecule has 1 aromatic carbocycles. The molecule has 0 aliphatic carbocycles. The standard InChI is InChI=1S/C14H20N2O3/c1-18-10(9-15)8-14(17)16-12-6-7-19-13-5-3-2-4-11(12)13/h2-5,10,12H,6-9,15H2,1H3,(H,16,17). The van der Waals surface area contributed by atoms with E-state index in [1.54, 1.807) is 7.11 Å². The summed E-state index contributed by atoms with van der Waals surface area (Å²) in [6.07, 6.45) is 0.838. The van der Waals surface area contributed by atoms with Crippen molar-refractivity contribution in [1.82, 2.24) is 5.32 Å². The Hall–Kier alpha value is -1.59. The number of para-hydroxylation sites is 1. The van der Waals surface area contributed by atoms with E-state index in [-0.39, 0.29) is 24.5 Å². The zero-order valence-electron chi connectivity index (χ0n) is 11.1. The number of rotatable bonds is 5.